The maximum Gasteiger partial charge on any atom is 0.416 e. The van der Waals surface area contributed by atoms with Crippen molar-refractivity contribution in [2.24, 2.45) is 0 Å². The van der Waals surface area contributed by atoms with Crippen molar-refractivity contribution in [3.8, 4) is 51.0 Å². The zero-order chi connectivity index (χ0) is 36.2. The number of fused-ring (bicyclic) bond motifs is 5. The third-order valence-corrected chi connectivity index (χ3v) is 8.90. The van der Waals surface area contributed by atoms with E-state index in [1.807, 2.05) is 84.9 Å². The topological polar surface area (TPSA) is 62.5 Å². The van der Waals surface area contributed by atoms with E-state index in [-0.39, 0.29) is 22.8 Å². The number of hydrogen-bond donors (Lipinski definition) is 0. The Bertz CT molecular complexity index is 2670. The lowest BCUT2D eigenvalue weighted by atomic mass is 9.93. The fraction of sp³-hybridized carbons (Fsp3) is 0.0476. The number of benzene rings is 6. The van der Waals surface area contributed by atoms with Gasteiger partial charge in [0, 0.05) is 32.8 Å². The first-order valence-corrected chi connectivity index (χ1v) is 16.0. The Hall–Kier alpha value is -6.60. The zero-order valence-corrected chi connectivity index (χ0v) is 26.8. The summed E-state index contributed by atoms with van der Waals surface area (Å²) in [5.41, 5.74) is 2.83. The second-order valence-electron chi connectivity index (χ2n) is 12.2. The van der Waals surface area contributed by atoms with Gasteiger partial charge >= 0.3 is 12.4 Å². The molecule has 10 heteroatoms. The molecule has 0 saturated carbocycles. The molecule has 0 saturated heterocycles. The Morgan fingerprint density at radius 1 is 0.442 bits per heavy atom. The third kappa shape index (κ3) is 5.76. The van der Waals surface area contributed by atoms with Crippen molar-refractivity contribution >= 4 is 32.7 Å². The van der Waals surface area contributed by atoms with Crippen molar-refractivity contribution in [1.82, 2.24) is 15.0 Å². The smallest absolute Gasteiger partial charge is 0.247 e. The lowest BCUT2D eigenvalue weighted by molar-refractivity contribution is -0.143. The molecule has 8 rings (SSSR count). The van der Waals surface area contributed by atoms with Gasteiger partial charge in [0.15, 0.2) is 0 Å². The minimum Gasteiger partial charge on any atom is -0.247 e. The summed E-state index contributed by atoms with van der Waals surface area (Å²) in [4.78, 5) is 15.3. The van der Waals surface area contributed by atoms with Gasteiger partial charge in [-0.3, -0.25) is 0 Å². The summed E-state index contributed by atoms with van der Waals surface area (Å²) in [5.74, 6) is 0. The first-order chi connectivity index (χ1) is 25.0. The first-order valence-electron chi connectivity index (χ1n) is 16.0. The van der Waals surface area contributed by atoms with Crippen LogP contribution >= 0.6 is 0 Å². The first kappa shape index (κ1) is 32.6. The van der Waals surface area contributed by atoms with Crippen LogP contribution in [0.2, 0.25) is 0 Å². The Balaban J connectivity index is 1.39. The Kier molecular flexibility index (Phi) is 7.72. The highest BCUT2D eigenvalue weighted by Crippen LogP contribution is 2.42. The van der Waals surface area contributed by atoms with E-state index in [0.717, 1.165) is 16.5 Å². The quantitative estimate of drug-likeness (QED) is 0.136. The molecule has 2 aromatic heterocycles. The summed E-state index contributed by atoms with van der Waals surface area (Å²) in [6, 6.07) is 38.1. The summed E-state index contributed by atoms with van der Waals surface area (Å²) in [6.45, 7) is 0. The second-order valence-corrected chi connectivity index (χ2v) is 12.2. The predicted molar refractivity (Wildman–Crippen MR) is 189 cm³/mol. The van der Waals surface area contributed by atoms with Crippen LogP contribution in [0.15, 0.2) is 133 Å². The molecule has 0 fully saturated rings. The van der Waals surface area contributed by atoms with Crippen molar-refractivity contribution in [2.45, 2.75) is 12.4 Å². The minimum atomic E-state index is -4.98. The highest BCUT2D eigenvalue weighted by molar-refractivity contribution is 6.22. The molecule has 4 nitrogen and oxygen atoms in total. The number of alkyl halides is 6. The summed E-state index contributed by atoms with van der Waals surface area (Å²) in [6.07, 6.45) is -9.96. The van der Waals surface area contributed by atoms with E-state index in [1.54, 1.807) is 18.2 Å². The number of nitrogens with zero attached hydrogens (tertiary/aromatic N) is 4. The molecule has 52 heavy (non-hydrogen) atoms. The van der Waals surface area contributed by atoms with Crippen molar-refractivity contribution in [3.63, 3.8) is 0 Å². The molecule has 0 aliphatic rings. The van der Waals surface area contributed by atoms with Crippen molar-refractivity contribution in [3.05, 3.63) is 150 Å². The second kappa shape index (κ2) is 12.3. The monoisotopic (exact) mass is 696 g/mol. The molecule has 0 bridgehead atoms. The number of pyridine rings is 1. The number of nitriles is 1. The lowest BCUT2D eigenvalue weighted by Gasteiger charge is -2.16. The van der Waals surface area contributed by atoms with Crippen LogP contribution in [0.4, 0.5) is 26.3 Å². The minimum absolute atomic E-state index is 0.103. The van der Waals surface area contributed by atoms with Crippen LogP contribution < -0.4 is 0 Å². The average molecular weight is 697 g/mol. The molecule has 0 radical (unpaired) electrons. The lowest BCUT2D eigenvalue weighted by Crippen LogP contribution is -2.11. The van der Waals surface area contributed by atoms with Crippen molar-refractivity contribution < 1.29 is 26.3 Å². The standard InChI is InChI=1S/C42H22F6N4/c43-41(44,45)30-19-28(20-31(22-30)42(46,47)48)24-15-17-27(18-16-24)37-35-29(23-49)21-34-40(36(35)32-13-7-8-14-33(32)50-37)52-39(26-11-5-2-6-12-26)38(51-34)25-9-3-1-4-10-25/h1-22H. The van der Waals surface area contributed by atoms with E-state index in [9.17, 15) is 31.6 Å². The van der Waals surface area contributed by atoms with Gasteiger partial charge in [0.25, 0.3) is 0 Å². The predicted octanol–water partition coefficient (Wildman–Crippen LogP) is 11.9. The summed E-state index contributed by atoms with van der Waals surface area (Å²) >= 11 is 0. The molecule has 0 aliphatic carbocycles. The molecule has 0 aliphatic heterocycles. The molecule has 2 heterocycles. The molecule has 0 unspecified atom stereocenters. The Morgan fingerprint density at radius 3 is 1.52 bits per heavy atom. The van der Waals surface area contributed by atoms with E-state index in [4.69, 9.17) is 15.0 Å². The summed E-state index contributed by atoms with van der Waals surface area (Å²) in [5, 5.41) is 12.4. The van der Waals surface area contributed by atoms with Gasteiger partial charge in [-0.2, -0.15) is 31.6 Å². The average Bonchev–Trinajstić information content (AvgIpc) is 3.16. The maximum absolute atomic E-state index is 13.6. The highest BCUT2D eigenvalue weighted by Gasteiger charge is 2.37. The van der Waals surface area contributed by atoms with E-state index >= 15 is 0 Å². The number of aromatic nitrogens is 3. The van der Waals surface area contributed by atoms with E-state index in [0.29, 0.717) is 62.1 Å². The Morgan fingerprint density at radius 2 is 0.942 bits per heavy atom. The summed E-state index contributed by atoms with van der Waals surface area (Å²) in [7, 11) is 0. The molecule has 252 valence electrons. The Labute approximate surface area is 292 Å². The van der Waals surface area contributed by atoms with Gasteiger partial charge in [0.1, 0.15) is 0 Å². The van der Waals surface area contributed by atoms with Gasteiger partial charge < -0.3 is 0 Å². The highest BCUT2D eigenvalue weighted by atomic mass is 19.4. The van der Waals surface area contributed by atoms with Crippen LogP contribution in [0.1, 0.15) is 16.7 Å². The molecule has 0 atom stereocenters. The summed E-state index contributed by atoms with van der Waals surface area (Å²) < 4.78 is 81.7. The molecule has 8 aromatic rings. The number of hydrogen-bond acceptors (Lipinski definition) is 4. The van der Waals surface area contributed by atoms with Gasteiger partial charge in [-0.15, -0.1) is 0 Å². The van der Waals surface area contributed by atoms with Crippen LogP contribution in [0.3, 0.4) is 0 Å². The SMILES string of the molecule is N#Cc1cc2nc(-c3ccccc3)c(-c3ccccc3)nc2c2c1c(-c1ccc(-c3cc(C(F)(F)F)cc(C(F)(F)F)c3)cc1)nc1ccccc12. The number of halogens is 6. The van der Waals surface area contributed by atoms with Crippen LogP contribution in [-0.2, 0) is 12.4 Å². The van der Waals surface area contributed by atoms with Crippen molar-refractivity contribution in [1.29, 1.82) is 5.26 Å². The van der Waals surface area contributed by atoms with E-state index < -0.39 is 23.5 Å². The number of para-hydroxylation sites is 1. The van der Waals surface area contributed by atoms with Gasteiger partial charge in [-0.1, -0.05) is 103 Å². The van der Waals surface area contributed by atoms with Crippen LogP contribution in [0.5, 0.6) is 0 Å². The third-order valence-electron chi connectivity index (χ3n) is 8.90. The van der Waals surface area contributed by atoms with Gasteiger partial charge in [-0.05, 0) is 41.5 Å². The van der Waals surface area contributed by atoms with Crippen LogP contribution in [-0.4, -0.2) is 15.0 Å². The molecular weight excluding hydrogens is 674 g/mol. The van der Waals surface area contributed by atoms with Crippen molar-refractivity contribution in [2.75, 3.05) is 0 Å². The maximum atomic E-state index is 13.6. The molecular formula is C42H22F6N4. The molecule has 0 spiro atoms. The van der Waals surface area contributed by atoms with Gasteiger partial charge in [0.05, 0.1) is 56.4 Å². The fourth-order valence-corrected chi connectivity index (χ4v) is 6.50. The molecule has 6 aromatic carbocycles. The van der Waals surface area contributed by atoms with Gasteiger partial charge in [0.2, 0.25) is 0 Å². The van der Waals surface area contributed by atoms with E-state index in [1.165, 1.54) is 12.1 Å². The number of rotatable bonds is 4. The van der Waals surface area contributed by atoms with Crippen LogP contribution in [0.25, 0.3) is 77.6 Å². The fourth-order valence-electron chi connectivity index (χ4n) is 6.50. The largest absolute Gasteiger partial charge is 0.416 e. The van der Waals surface area contributed by atoms with Crippen LogP contribution in [0, 0.1) is 11.3 Å². The van der Waals surface area contributed by atoms with E-state index in [2.05, 4.69) is 6.07 Å². The zero-order valence-electron chi connectivity index (χ0n) is 26.8. The molecule has 0 N–H and O–H groups in total. The molecule has 0 amide bonds. The van der Waals surface area contributed by atoms with Gasteiger partial charge in [-0.25, -0.2) is 15.0 Å². The normalized spacial score (nSPS) is 12.0.